The maximum Gasteiger partial charge on any atom is 0.573 e. The van der Waals surface area contributed by atoms with E-state index in [0.717, 1.165) is 6.07 Å². The second kappa shape index (κ2) is 5.53. The van der Waals surface area contributed by atoms with Crippen LogP contribution in [0.2, 0.25) is 0 Å². The van der Waals surface area contributed by atoms with Crippen molar-refractivity contribution in [2.24, 2.45) is 0 Å². The molecule has 0 saturated heterocycles. The summed E-state index contributed by atoms with van der Waals surface area (Å²) in [6.07, 6.45) is -4.79. The maximum absolute atomic E-state index is 12.2. The molecule has 102 valence electrons. The summed E-state index contributed by atoms with van der Waals surface area (Å²) >= 11 is 0. The molecule has 0 spiro atoms. The van der Waals surface area contributed by atoms with Crippen LogP contribution in [0.3, 0.4) is 0 Å². The van der Waals surface area contributed by atoms with Crippen molar-refractivity contribution in [3.63, 3.8) is 0 Å². The average molecular weight is 279 g/mol. The fraction of sp³-hybridized carbons (Fsp3) is 0.0714. The smallest absolute Gasteiger partial charge is 0.453 e. The zero-order chi connectivity index (χ0) is 14.6. The van der Waals surface area contributed by atoms with Gasteiger partial charge in [-0.25, -0.2) is 0 Å². The summed E-state index contributed by atoms with van der Waals surface area (Å²) in [4.78, 5) is 0. The van der Waals surface area contributed by atoms with Crippen LogP contribution in [0.1, 0.15) is 5.56 Å². The van der Waals surface area contributed by atoms with Crippen molar-refractivity contribution in [1.82, 2.24) is 0 Å². The molecule has 2 aromatic carbocycles. The first-order valence-corrected chi connectivity index (χ1v) is 5.51. The van der Waals surface area contributed by atoms with E-state index in [0.29, 0.717) is 11.3 Å². The Kier molecular flexibility index (Phi) is 3.80. The average Bonchev–Trinajstić information content (AvgIpc) is 2.40. The van der Waals surface area contributed by atoms with Crippen LogP contribution >= 0.6 is 0 Å². The number of hydrogen-bond acceptors (Lipinski definition) is 3. The van der Waals surface area contributed by atoms with E-state index in [1.807, 2.05) is 6.07 Å². The summed E-state index contributed by atoms with van der Waals surface area (Å²) in [5.74, 6) is -0.180. The van der Waals surface area contributed by atoms with Crippen LogP contribution in [-0.4, -0.2) is 6.36 Å². The molecule has 0 amide bonds. The zero-order valence-corrected chi connectivity index (χ0v) is 10.0. The van der Waals surface area contributed by atoms with Gasteiger partial charge in [0.05, 0.1) is 11.6 Å². The molecule has 6 heteroatoms. The molecule has 0 aliphatic rings. The van der Waals surface area contributed by atoms with Gasteiger partial charge < -0.3 is 9.47 Å². The standard InChI is InChI=1S/C14H8F3NO2/c15-14(16,17)20-13-4-2-1-3-12(13)19-11-7-5-10(9-18)6-8-11/h1-8H. The van der Waals surface area contributed by atoms with E-state index in [2.05, 4.69) is 4.74 Å². The van der Waals surface area contributed by atoms with Crippen molar-refractivity contribution in [3.8, 4) is 23.3 Å². The van der Waals surface area contributed by atoms with E-state index in [9.17, 15) is 13.2 Å². The van der Waals surface area contributed by atoms with Crippen molar-refractivity contribution in [1.29, 1.82) is 5.26 Å². The van der Waals surface area contributed by atoms with Gasteiger partial charge in [-0.2, -0.15) is 5.26 Å². The molecule has 0 atom stereocenters. The van der Waals surface area contributed by atoms with Crippen molar-refractivity contribution >= 4 is 0 Å². The number of halogens is 3. The molecule has 0 bridgehead atoms. The van der Waals surface area contributed by atoms with Gasteiger partial charge >= 0.3 is 6.36 Å². The molecule has 20 heavy (non-hydrogen) atoms. The summed E-state index contributed by atoms with van der Waals surface area (Å²) < 4.78 is 45.9. The molecule has 3 nitrogen and oxygen atoms in total. The van der Waals surface area contributed by atoms with E-state index in [1.165, 1.54) is 42.5 Å². The van der Waals surface area contributed by atoms with Crippen LogP contribution in [0.5, 0.6) is 17.2 Å². The third kappa shape index (κ3) is 3.65. The minimum absolute atomic E-state index is 0.0606. The van der Waals surface area contributed by atoms with Crippen LogP contribution < -0.4 is 9.47 Å². The Balaban J connectivity index is 2.22. The fourth-order valence-electron chi connectivity index (χ4n) is 1.47. The topological polar surface area (TPSA) is 42.2 Å². The minimum atomic E-state index is -4.79. The Morgan fingerprint density at radius 2 is 1.50 bits per heavy atom. The number of ether oxygens (including phenoxy) is 2. The van der Waals surface area contributed by atoms with Crippen LogP contribution in [0, 0.1) is 11.3 Å². The van der Waals surface area contributed by atoms with Crippen molar-refractivity contribution in [2.45, 2.75) is 6.36 Å². The number of alkyl halides is 3. The highest BCUT2D eigenvalue weighted by Gasteiger charge is 2.32. The third-order valence-corrected chi connectivity index (χ3v) is 2.29. The number of nitriles is 1. The number of nitrogens with zero attached hydrogens (tertiary/aromatic N) is 1. The zero-order valence-electron chi connectivity index (χ0n) is 10.0. The molecule has 0 N–H and O–H groups in total. The molecule has 0 aliphatic heterocycles. The first-order valence-electron chi connectivity index (χ1n) is 5.51. The monoisotopic (exact) mass is 279 g/mol. The molecule has 0 fully saturated rings. The predicted molar refractivity (Wildman–Crippen MR) is 64.4 cm³/mol. The predicted octanol–water partition coefficient (Wildman–Crippen LogP) is 4.25. The van der Waals surface area contributed by atoms with E-state index < -0.39 is 12.1 Å². The van der Waals surface area contributed by atoms with Crippen LogP contribution in [0.15, 0.2) is 48.5 Å². The number of hydrogen-bond donors (Lipinski definition) is 0. The van der Waals surface area contributed by atoms with Gasteiger partial charge in [0, 0.05) is 0 Å². The Labute approximate surface area is 112 Å². The quantitative estimate of drug-likeness (QED) is 0.843. The summed E-state index contributed by atoms with van der Waals surface area (Å²) in [6, 6.07) is 13.4. The molecule has 0 aromatic heterocycles. The largest absolute Gasteiger partial charge is 0.573 e. The lowest BCUT2D eigenvalue weighted by molar-refractivity contribution is -0.275. The normalized spacial score (nSPS) is 10.7. The van der Waals surface area contributed by atoms with Crippen molar-refractivity contribution in [2.75, 3.05) is 0 Å². The molecule has 0 radical (unpaired) electrons. The second-order valence-corrected chi connectivity index (χ2v) is 3.73. The molecule has 0 aliphatic carbocycles. The molecule has 2 aromatic rings. The summed E-state index contributed by atoms with van der Waals surface area (Å²) in [6.45, 7) is 0. The van der Waals surface area contributed by atoms with Gasteiger partial charge in [0.2, 0.25) is 0 Å². The SMILES string of the molecule is N#Cc1ccc(Oc2ccccc2OC(F)(F)F)cc1. The first kappa shape index (κ1) is 13.7. The van der Waals surface area contributed by atoms with E-state index >= 15 is 0 Å². The van der Waals surface area contributed by atoms with Gasteiger partial charge in [-0.05, 0) is 36.4 Å². The minimum Gasteiger partial charge on any atom is -0.453 e. The molecule has 0 saturated carbocycles. The van der Waals surface area contributed by atoms with E-state index in [1.54, 1.807) is 0 Å². The van der Waals surface area contributed by atoms with Gasteiger partial charge in [-0.3, -0.25) is 0 Å². The Morgan fingerprint density at radius 3 is 2.05 bits per heavy atom. The van der Waals surface area contributed by atoms with Gasteiger partial charge in [0.15, 0.2) is 11.5 Å². The number of rotatable bonds is 3. The third-order valence-electron chi connectivity index (χ3n) is 2.29. The lowest BCUT2D eigenvalue weighted by atomic mass is 10.2. The summed E-state index contributed by atoms with van der Waals surface area (Å²) in [5.41, 5.74) is 0.428. The van der Waals surface area contributed by atoms with Crippen LogP contribution in [0.4, 0.5) is 13.2 Å². The van der Waals surface area contributed by atoms with Crippen LogP contribution in [0.25, 0.3) is 0 Å². The van der Waals surface area contributed by atoms with Gasteiger partial charge in [-0.15, -0.1) is 13.2 Å². The lowest BCUT2D eigenvalue weighted by Crippen LogP contribution is -2.17. The molecule has 0 unspecified atom stereocenters. The summed E-state index contributed by atoms with van der Waals surface area (Å²) in [7, 11) is 0. The highest BCUT2D eigenvalue weighted by atomic mass is 19.4. The number of para-hydroxylation sites is 2. The Hall–Kier alpha value is -2.68. The maximum atomic E-state index is 12.2. The van der Waals surface area contributed by atoms with E-state index in [-0.39, 0.29) is 5.75 Å². The molecule has 2 rings (SSSR count). The number of benzene rings is 2. The van der Waals surface area contributed by atoms with E-state index in [4.69, 9.17) is 10.00 Å². The van der Waals surface area contributed by atoms with Crippen molar-refractivity contribution in [3.05, 3.63) is 54.1 Å². The molecular weight excluding hydrogens is 271 g/mol. The van der Waals surface area contributed by atoms with Gasteiger partial charge in [0.1, 0.15) is 5.75 Å². The second-order valence-electron chi connectivity index (χ2n) is 3.73. The van der Waals surface area contributed by atoms with Crippen molar-refractivity contribution < 1.29 is 22.6 Å². The van der Waals surface area contributed by atoms with Crippen LogP contribution in [-0.2, 0) is 0 Å². The Morgan fingerprint density at radius 1 is 0.900 bits per heavy atom. The lowest BCUT2D eigenvalue weighted by Gasteiger charge is -2.13. The van der Waals surface area contributed by atoms with Gasteiger partial charge in [-0.1, -0.05) is 12.1 Å². The Bertz CT molecular complexity index is 630. The highest BCUT2D eigenvalue weighted by molar-refractivity contribution is 5.44. The fourth-order valence-corrected chi connectivity index (χ4v) is 1.47. The first-order chi connectivity index (χ1) is 9.48. The molecular formula is C14H8F3NO2. The highest BCUT2D eigenvalue weighted by Crippen LogP contribution is 2.34. The van der Waals surface area contributed by atoms with Gasteiger partial charge in [0.25, 0.3) is 0 Å². The summed E-state index contributed by atoms with van der Waals surface area (Å²) in [5, 5.41) is 8.65. The molecule has 0 heterocycles.